The van der Waals surface area contributed by atoms with Gasteiger partial charge in [-0.2, -0.15) is 0 Å². The molecule has 9 heteroatoms. The molecule has 2 aromatic heterocycles. The van der Waals surface area contributed by atoms with E-state index in [1.807, 2.05) is 6.92 Å². The number of aromatic amines is 1. The van der Waals surface area contributed by atoms with Gasteiger partial charge in [0.2, 0.25) is 0 Å². The number of imidazole rings is 1. The molecule has 0 aliphatic carbocycles. The van der Waals surface area contributed by atoms with Crippen molar-refractivity contribution in [1.29, 1.82) is 0 Å². The summed E-state index contributed by atoms with van der Waals surface area (Å²) < 4.78 is 25.8. The van der Waals surface area contributed by atoms with Crippen LogP contribution in [0.5, 0.6) is 0 Å². The van der Waals surface area contributed by atoms with Gasteiger partial charge in [-0.3, -0.25) is 4.79 Å². The molecule has 130 valence electrons. The predicted molar refractivity (Wildman–Crippen MR) is 91.3 cm³/mol. The van der Waals surface area contributed by atoms with E-state index in [0.717, 1.165) is 11.3 Å². The number of carbonyl (C=O) groups excluding carboxylic acids is 1. The van der Waals surface area contributed by atoms with Crippen molar-refractivity contribution < 1.29 is 13.6 Å². The van der Waals surface area contributed by atoms with Gasteiger partial charge in [-0.05, 0) is 19.1 Å². The van der Waals surface area contributed by atoms with E-state index in [2.05, 4.69) is 15.0 Å². The Morgan fingerprint density at radius 3 is 2.96 bits per heavy atom. The minimum absolute atomic E-state index is 0.192. The van der Waals surface area contributed by atoms with Crippen LogP contribution in [-0.4, -0.2) is 32.3 Å². The number of para-hydroxylation sites is 1. The van der Waals surface area contributed by atoms with E-state index in [1.165, 1.54) is 0 Å². The summed E-state index contributed by atoms with van der Waals surface area (Å²) in [5.41, 5.74) is 1.87. The molecule has 0 saturated carbocycles. The summed E-state index contributed by atoms with van der Waals surface area (Å²) in [7, 11) is 0. The number of nitrogens with one attached hydrogen (secondary N) is 1. The van der Waals surface area contributed by atoms with Crippen molar-refractivity contribution >= 4 is 39.9 Å². The van der Waals surface area contributed by atoms with Gasteiger partial charge in [0.15, 0.2) is 10.8 Å². The number of fused-ring (bicyclic) bond motifs is 2. The number of aromatic nitrogens is 3. The average Bonchev–Trinajstić information content (AvgIpc) is 3.20. The minimum Gasteiger partial charge on any atom is -0.333 e. The molecular weight excluding hydrogens is 370 g/mol. The van der Waals surface area contributed by atoms with E-state index >= 15 is 0 Å². The van der Waals surface area contributed by atoms with Crippen LogP contribution < -0.4 is 0 Å². The first-order valence-corrected chi connectivity index (χ1v) is 8.88. The highest BCUT2D eigenvalue weighted by Crippen LogP contribution is 2.37. The smallest absolute Gasteiger partial charge is 0.290 e. The molecule has 1 aromatic carbocycles. The largest absolute Gasteiger partial charge is 0.333 e. The lowest BCUT2D eigenvalue weighted by molar-refractivity contribution is 0.0669. The number of halogens is 3. The van der Waals surface area contributed by atoms with Gasteiger partial charge in [-0.15, -0.1) is 11.3 Å². The first-order valence-electron chi connectivity index (χ1n) is 7.68. The second kappa shape index (κ2) is 6.03. The molecule has 1 aliphatic heterocycles. The van der Waals surface area contributed by atoms with Crippen molar-refractivity contribution in [3.8, 4) is 0 Å². The highest BCUT2D eigenvalue weighted by Gasteiger charge is 2.33. The van der Waals surface area contributed by atoms with Gasteiger partial charge < -0.3 is 9.88 Å². The fraction of sp³-hybridized carbons (Fsp3) is 0.312. The van der Waals surface area contributed by atoms with Crippen LogP contribution in [0.3, 0.4) is 0 Å². The molecule has 3 aromatic rings. The zero-order valence-corrected chi connectivity index (χ0v) is 14.7. The van der Waals surface area contributed by atoms with Crippen molar-refractivity contribution in [2.45, 2.75) is 25.8 Å². The first kappa shape index (κ1) is 16.4. The summed E-state index contributed by atoms with van der Waals surface area (Å²) in [6.07, 6.45) is -2.14. The minimum atomic E-state index is -2.59. The van der Waals surface area contributed by atoms with E-state index in [0.29, 0.717) is 39.6 Å². The van der Waals surface area contributed by atoms with Crippen molar-refractivity contribution in [3.63, 3.8) is 0 Å². The molecule has 0 radical (unpaired) electrons. The van der Waals surface area contributed by atoms with Gasteiger partial charge in [-0.1, -0.05) is 17.7 Å². The summed E-state index contributed by atoms with van der Waals surface area (Å²) in [4.78, 5) is 26.5. The second-order valence-electron chi connectivity index (χ2n) is 5.81. The van der Waals surface area contributed by atoms with E-state index < -0.39 is 6.43 Å². The highest BCUT2D eigenvalue weighted by molar-refractivity contribution is 7.11. The standard InChI is InChI=1S/C16H13ClF2N4OS/c1-7-12-10(21-15(25-12)13(18)19)5-6-23(7)16(24)14-20-9-4-2-3-8(17)11(9)22-14/h2-4,7,13H,5-6H2,1H3,(H,20,22)/t7-/m1/s1. The van der Waals surface area contributed by atoms with Gasteiger partial charge in [0.25, 0.3) is 12.3 Å². The Morgan fingerprint density at radius 2 is 2.24 bits per heavy atom. The monoisotopic (exact) mass is 382 g/mol. The lowest BCUT2D eigenvalue weighted by Gasteiger charge is -2.32. The number of carbonyl (C=O) groups is 1. The summed E-state index contributed by atoms with van der Waals surface area (Å²) >= 11 is 7.08. The summed E-state index contributed by atoms with van der Waals surface area (Å²) in [5, 5.41) is 0.295. The lowest BCUT2D eigenvalue weighted by atomic mass is 10.1. The SMILES string of the molecule is C[C@@H]1c2sc(C(F)F)nc2CCN1C(=O)c1nc2cccc(Cl)c2[nH]1. The van der Waals surface area contributed by atoms with Gasteiger partial charge in [0.1, 0.15) is 0 Å². The number of amides is 1. The Morgan fingerprint density at radius 1 is 1.44 bits per heavy atom. The number of hydrogen-bond acceptors (Lipinski definition) is 4. The third-order valence-electron chi connectivity index (χ3n) is 4.30. The molecule has 25 heavy (non-hydrogen) atoms. The Balaban J connectivity index is 1.66. The third kappa shape index (κ3) is 2.69. The van der Waals surface area contributed by atoms with Crippen LogP contribution >= 0.6 is 22.9 Å². The maximum absolute atomic E-state index is 12.9. The fourth-order valence-corrected chi connectivity index (χ4v) is 4.30. The van der Waals surface area contributed by atoms with Crippen LogP contribution in [0.2, 0.25) is 5.02 Å². The Bertz CT molecular complexity index is 970. The molecule has 0 spiro atoms. The molecule has 1 atom stereocenters. The molecule has 5 nitrogen and oxygen atoms in total. The quantitative estimate of drug-likeness (QED) is 0.715. The number of rotatable bonds is 2. The van der Waals surface area contributed by atoms with Crippen LogP contribution in [0, 0.1) is 0 Å². The zero-order chi connectivity index (χ0) is 17.7. The molecule has 1 N–H and O–H groups in total. The topological polar surface area (TPSA) is 61.9 Å². The molecule has 4 rings (SSSR count). The Hall–Kier alpha value is -2.06. The average molecular weight is 383 g/mol. The second-order valence-corrected chi connectivity index (χ2v) is 7.28. The summed E-state index contributed by atoms with van der Waals surface area (Å²) in [5.74, 6) is -0.0885. The van der Waals surface area contributed by atoms with Gasteiger partial charge >= 0.3 is 0 Å². The molecule has 0 unspecified atom stereocenters. The fourth-order valence-electron chi connectivity index (χ4n) is 3.05. The number of alkyl halides is 2. The van der Waals surface area contributed by atoms with Gasteiger partial charge in [-0.25, -0.2) is 18.7 Å². The first-order chi connectivity index (χ1) is 12.0. The molecule has 1 aliphatic rings. The van der Waals surface area contributed by atoms with Crippen molar-refractivity contribution in [3.05, 3.63) is 44.6 Å². The maximum atomic E-state index is 12.9. The molecule has 0 fully saturated rings. The van der Waals surface area contributed by atoms with Crippen molar-refractivity contribution in [2.24, 2.45) is 0 Å². The van der Waals surface area contributed by atoms with E-state index in [1.54, 1.807) is 23.1 Å². The summed E-state index contributed by atoms with van der Waals surface area (Å²) in [6.45, 7) is 2.23. The Kier molecular flexibility index (Phi) is 3.96. The zero-order valence-electron chi connectivity index (χ0n) is 13.1. The molecule has 0 saturated heterocycles. The highest BCUT2D eigenvalue weighted by atomic mass is 35.5. The number of nitrogens with zero attached hydrogens (tertiary/aromatic N) is 3. The van der Waals surface area contributed by atoms with Crippen LogP contribution in [0.15, 0.2) is 18.2 Å². The van der Waals surface area contributed by atoms with Crippen LogP contribution in [0.4, 0.5) is 8.78 Å². The van der Waals surface area contributed by atoms with Crippen molar-refractivity contribution in [1.82, 2.24) is 19.9 Å². The maximum Gasteiger partial charge on any atom is 0.290 e. The number of H-pyrrole nitrogens is 1. The number of benzene rings is 1. The molecular formula is C16H13ClF2N4OS. The van der Waals surface area contributed by atoms with Crippen LogP contribution in [0.25, 0.3) is 11.0 Å². The van der Waals surface area contributed by atoms with Crippen molar-refractivity contribution in [2.75, 3.05) is 6.54 Å². The van der Waals surface area contributed by atoms with Crippen LogP contribution in [0.1, 0.15) is 45.6 Å². The van der Waals surface area contributed by atoms with E-state index in [-0.39, 0.29) is 22.8 Å². The molecule has 1 amide bonds. The van der Waals surface area contributed by atoms with E-state index in [4.69, 9.17) is 11.6 Å². The lowest BCUT2D eigenvalue weighted by Crippen LogP contribution is -2.38. The van der Waals surface area contributed by atoms with Gasteiger partial charge in [0.05, 0.1) is 32.7 Å². The Labute approximate surface area is 150 Å². The summed E-state index contributed by atoms with van der Waals surface area (Å²) in [6, 6.07) is 4.92. The number of thiazole rings is 1. The molecule has 3 heterocycles. The normalized spacial score (nSPS) is 17.3. The molecule has 0 bridgehead atoms. The van der Waals surface area contributed by atoms with Gasteiger partial charge in [0, 0.05) is 13.0 Å². The predicted octanol–water partition coefficient (Wildman–Crippen LogP) is 4.37. The third-order valence-corrected chi connectivity index (χ3v) is 5.89. The van der Waals surface area contributed by atoms with E-state index in [9.17, 15) is 13.6 Å². The number of hydrogen-bond donors (Lipinski definition) is 1. The van der Waals surface area contributed by atoms with Crippen LogP contribution in [-0.2, 0) is 6.42 Å².